The fraction of sp³-hybridized carbons (Fsp3) is 0.833. The highest BCUT2D eigenvalue weighted by Crippen LogP contribution is 1.94. The third kappa shape index (κ3) is 4.58. The Morgan fingerprint density at radius 3 is 2.64 bits per heavy atom. The Kier molecular flexibility index (Phi) is 5.50. The maximum atomic E-state index is 10.7. The fourth-order valence-corrected chi connectivity index (χ4v) is 0.717. The first-order valence-electron chi connectivity index (χ1n) is 3.75. The summed E-state index contributed by atoms with van der Waals surface area (Å²) in [5, 5.41) is 1.08. The van der Waals surface area contributed by atoms with E-state index in [-0.39, 0.29) is 0 Å². The van der Waals surface area contributed by atoms with Crippen molar-refractivity contribution in [1.29, 1.82) is 0 Å². The lowest BCUT2D eigenvalue weighted by atomic mass is 10.2. The van der Waals surface area contributed by atoms with Crippen molar-refractivity contribution in [2.24, 2.45) is 11.7 Å². The molecular formula is C6H16N4O. The van der Waals surface area contributed by atoms with Gasteiger partial charge < -0.3 is 0 Å². The van der Waals surface area contributed by atoms with Gasteiger partial charge in [-0.25, -0.2) is 16.5 Å². The van der Waals surface area contributed by atoms with E-state index in [2.05, 4.69) is 6.92 Å². The van der Waals surface area contributed by atoms with Crippen LogP contribution < -0.4 is 17.1 Å². The average Bonchev–Trinajstić information content (AvgIpc) is 2.03. The molecule has 66 valence electrons. The van der Waals surface area contributed by atoms with Crippen molar-refractivity contribution in [1.82, 2.24) is 10.4 Å². The summed E-state index contributed by atoms with van der Waals surface area (Å²) in [7, 11) is 0. The Hall–Kier alpha value is -0.810. The lowest BCUT2D eigenvalue weighted by molar-refractivity contribution is 0.198. The number of rotatable bonds is 4. The zero-order chi connectivity index (χ0) is 8.69. The van der Waals surface area contributed by atoms with Crippen molar-refractivity contribution in [3.63, 3.8) is 0 Å². The molecule has 0 aromatic rings. The maximum absolute atomic E-state index is 10.7. The Morgan fingerprint density at radius 1 is 1.55 bits per heavy atom. The fourth-order valence-electron chi connectivity index (χ4n) is 0.717. The van der Waals surface area contributed by atoms with Gasteiger partial charge in [0.05, 0.1) is 0 Å². The Balaban J connectivity index is 3.36. The molecule has 0 aromatic carbocycles. The highest BCUT2D eigenvalue weighted by molar-refractivity contribution is 5.72. The van der Waals surface area contributed by atoms with E-state index >= 15 is 0 Å². The first-order valence-corrected chi connectivity index (χ1v) is 3.75. The van der Waals surface area contributed by atoms with Gasteiger partial charge in [0, 0.05) is 6.54 Å². The second-order valence-electron chi connectivity index (χ2n) is 2.35. The standard InChI is InChI=1S/C6H16N4O/c1-2-3-4-5-10(8)6(11)9-7/h2-5,7-8H2,1H3,(H,9,11). The first kappa shape index (κ1) is 10.2. The van der Waals surface area contributed by atoms with Crippen molar-refractivity contribution >= 4 is 6.03 Å². The number of hydrogen-bond donors (Lipinski definition) is 3. The van der Waals surface area contributed by atoms with E-state index in [0.29, 0.717) is 6.54 Å². The third-order valence-electron chi connectivity index (χ3n) is 1.39. The molecule has 0 atom stereocenters. The molecule has 0 saturated carbocycles. The molecule has 0 radical (unpaired) electrons. The number of nitrogens with two attached hydrogens (primary N) is 2. The summed E-state index contributed by atoms with van der Waals surface area (Å²) in [5.41, 5.74) is 1.95. The zero-order valence-corrected chi connectivity index (χ0v) is 6.84. The van der Waals surface area contributed by atoms with Gasteiger partial charge in [-0.2, -0.15) is 0 Å². The number of urea groups is 1. The predicted molar refractivity (Wildman–Crippen MR) is 43.1 cm³/mol. The average molecular weight is 160 g/mol. The number of nitrogens with zero attached hydrogens (tertiary/aromatic N) is 1. The van der Waals surface area contributed by atoms with E-state index in [0.717, 1.165) is 24.3 Å². The van der Waals surface area contributed by atoms with Crippen LogP contribution in [-0.4, -0.2) is 17.6 Å². The molecule has 0 aliphatic rings. The quantitative estimate of drug-likeness (QED) is 0.233. The monoisotopic (exact) mass is 160 g/mol. The molecule has 5 nitrogen and oxygen atoms in total. The lowest BCUT2D eigenvalue weighted by Gasteiger charge is -2.14. The molecule has 2 amide bonds. The number of carbonyl (C=O) groups is 1. The van der Waals surface area contributed by atoms with Crippen molar-refractivity contribution < 1.29 is 4.79 Å². The van der Waals surface area contributed by atoms with E-state index in [9.17, 15) is 4.79 Å². The van der Waals surface area contributed by atoms with Crippen LogP contribution in [-0.2, 0) is 0 Å². The van der Waals surface area contributed by atoms with Crippen LogP contribution in [0.15, 0.2) is 0 Å². The topological polar surface area (TPSA) is 84.4 Å². The van der Waals surface area contributed by atoms with E-state index in [1.807, 2.05) is 5.43 Å². The number of amides is 2. The second kappa shape index (κ2) is 5.94. The minimum absolute atomic E-state index is 0.443. The zero-order valence-electron chi connectivity index (χ0n) is 6.84. The largest absolute Gasteiger partial charge is 0.345 e. The molecule has 0 saturated heterocycles. The lowest BCUT2D eigenvalue weighted by Crippen LogP contribution is -2.47. The van der Waals surface area contributed by atoms with Crippen LogP contribution >= 0.6 is 0 Å². The molecule has 11 heavy (non-hydrogen) atoms. The van der Waals surface area contributed by atoms with E-state index in [1.165, 1.54) is 0 Å². The maximum Gasteiger partial charge on any atom is 0.345 e. The Bertz CT molecular complexity index is 117. The molecule has 0 bridgehead atoms. The van der Waals surface area contributed by atoms with Gasteiger partial charge in [-0.1, -0.05) is 19.8 Å². The van der Waals surface area contributed by atoms with Gasteiger partial charge in [-0.15, -0.1) is 0 Å². The summed E-state index contributed by atoms with van der Waals surface area (Å²) in [4.78, 5) is 10.7. The van der Waals surface area contributed by atoms with Crippen molar-refractivity contribution in [2.75, 3.05) is 6.54 Å². The highest BCUT2D eigenvalue weighted by atomic mass is 16.2. The van der Waals surface area contributed by atoms with Crippen LogP contribution in [0.4, 0.5) is 4.79 Å². The molecule has 0 aliphatic heterocycles. The molecular weight excluding hydrogens is 144 g/mol. The van der Waals surface area contributed by atoms with Crippen LogP contribution in [0.25, 0.3) is 0 Å². The van der Waals surface area contributed by atoms with Gasteiger partial charge in [0.15, 0.2) is 0 Å². The van der Waals surface area contributed by atoms with E-state index < -0.39 is 6.03 Å². The summed E-state index contributed by atoms with van der Waals surface area (Å²) in [6.07, 6.45) is 3.10. The van der Waals surface area contributed by atoms with Crippen molar-refractivity contribution in [3.05, 3.63) is 0 Å². The number of hydrogen-bond acceptors (Lipinski definition) is 3. The molecule has 0 rings (SSSR count). The van der Waals surface area contributed by atoms with Gasteiger partial charge in [0.2, 0.25) is 0 Å². The van der Waals surface area contributed by atoms with Crippen LogP contribution in [0.2, 0.25) is 0 Å². The van der Waals surface area contributed by atoms with Crippen LogP contribution in [0.1, 0.15) is 26.2 Å². The highest BCUT2D eigenvalue weighted by Gasteiger charge is 2.04. The van der Waals surface area contributed by atoms with E-state index in [1.54, 1.807) is 0 Å². The minimum Gasteiger partial charge on any atom is -0.275 e. The normalized spacial score (nSPS) is 9.36. The molecule has 0 heterocycles. The van der Waals surface area contributed by atoms with Crippen molar-refractivity contribution in [2.45, 2.75) is 26.2 Å². The minimum atomic E-state index is -0.443. The smallest absolute Gasteiger partial charge is 0.275 e. The SMILES string of the molecule is CCCCCN(N)C(=O)NN. The third-order valence-corrected chi connectivity index (χ3v) is 1.39. The molecule has 0 aliphatic carbocycles. The van der Waals surface area contributed by atoms with Crippen LogP contribution in [0.5, 0.6) is 0 Å². The summed E-state index contributed by atoms with van der Waals surface area (Å²) < 4.78 is 0. The van der Waals surface area contributed by atoms with Gasteiger partial charge in [-0.05, 0) is 6.42 Å². The van der Waals surface area contributed by atoms with Crippen molar-refractivity contribution in [3.8, 4) is 0 Å². The van der Waals surface area contributed by atoms with Gasteiger partial charge >= 0.3 is 6.03 Å². The summed E-state index contributed by atoms with van der Waals surface area (Å²) in [6.45, 7) is 2.64. The van der Waals surface area contributed by atoms with Gasteiger partial charge in [0.25, 0.3) is 0 Å². The number of nitrogens with one attached hydrogen (secondary N) is 1. The van der Waals surface area contributed by atoms with E-state index in [4.69, 9.17) is 11.7 Å². The number of hydrazine groups is 2. The number of carbonyl (C=O) groups excluding carboxylic acids is 1. The Morgan fingerprint density at radius 2 is 2.18 bits per heavy atom. The molecule has 0 unspecified atom stereocenters. The molecule has 0 spiro atoms. The molecule has 0 aromatic heterocycles. The summed E-state index contributed by atoms with van der Waals surface area (Å²) >= 11 is 0. The van der Waals surface area contributed by atoms with Crippen LogP contribution in [0, 0.1) is 0 Å². The summed E-state index contributed by atoms with van der Waals surface area (Å²) in [5.74, 6) is 10.2. The van der Waals surface area contributed by atoms with Gasteiger partial charge in [-0.3, -0.25) is 10.4 Å². The summed E-state index contributed by atoms with van der Waals surface area (Å²) in [6, 6.07) is -0.443. The first-order chi connectivity index (χ1) is 5.22. The van der Waals surface area contributed by atoms with Gasteiger partial charge in [0.1, 0.15) is 0 Å². The molecule has 5 N–H and O–H groups in total. The van der Waals surface area contributed by atoms with Crippen LogP contribution in [0.3, 0.4) is 0 Å². The Labute approximate surface area is 66.7 Å². The number of unbranched alkanes of at least 4 members (excludes halogenated alkanes) is 2. The molecule has 5 heteroatoms. The predicted octanol–water partition coefficient (Wildman–Crippen LogP) is -0.0644. The second-order valence-corrected chi connectivity index (χ2v) is 2.35. The molecule has 0 fully saturated rings.